The van der Waals surface area contributed by atoms with E-state index >= 15 is 0 Å². The van der Waals surface area contributed by atoms with Gasteiger partial charge in [-0.05, 0) is 26.4 Å². The minimum absolute atomic E-state index is 0.0392. The van der Waals surface area contributed by atoms with Crippen molar-refractivity contribution in [3.05, 3.63) is 12.4 Å². The van der Waals surface area contributed by atoms with E-state index in [0.717, 1.165) is 19.4 Å². The Labute approximate surface area is 106 Å². The largest absolute Gasteiger partial charge is 0.368 e. The van der Waals surface area contributed by atoms with Crippen molar-refractivity contribution in [1.29, 1.82) is 0 Å². The lowest BCUT2D eigenvalue weighted by Crippen LogP contribution is -2.38. The Kier molecular flexibility index (Phi) is 3.79. The van der Waals surface area contributed by atoms with Crippen LogP contribution in [0.15, 0.2) is 17.3 Å². The van der Waals surface area contributed by atoms with E-state index in [9.17, 15) is 8.42 Å². The lowest BCUT2D eigenvalue weighted by molar-refractivity contribution is 0.311. The summed E-state index contributed by atoms with van der Waals surface area (Å²) in [5, 5.41) is 0. The van der Waals surface area contributed by atoms with Crippen molar-refractivity contribution in [2.75, 3.05) is 25.9 Å². The zero-order valence-electron chi connectivity index (χ0n) is 10.2. The molecular formula is C10H17N5O2S. The second-order valence-corrected chi connectivity index (χ2v) is 6.17. The van der Waals surface area contributed by atoms with Gasteiger partial charge < -0.3 is 10.6 Å². The summed E-state index contributed by atoms with van der Waals surface area (Å²) in [6, 6.07) is 0.259. The van der Waals surface area contributed by atoms with Crippen molar-refractivity contribution >= 4 is 16.0 Å². The number of aromatic nitrogens is 2. The van der Waals surface area contributed by atoms with E-state index in [4.69, 9.17) is 5.73 Å². The van der Waals surface area contributed by atoms with Crippen LogP contribution in [0.2, 0.25) is 0 Å². The fourth-order valence-corrected chi connectivity index (χ4v) is 2.95. The molecule has 1 saturated heterocycles. The number of likely N-dealkylation sites (N-methyl/N-ethyl adjacent to an activating group) is 1. The van der Waals surface area contributed by atoms with Gasteiger partial charge in [0, 0.05) is 12.6 Å². The van der Waals surface area contributed by atoms with Gasteiger partial charge >= 0.3 is 0 Å². The molecule has 0 aliphatic carbocycles. The number of nitrogens with zero attached hydrogens (tertiary/aromatic N) is 3. The minimum atomic E-state index is -3.55. The number of anilines is 1. The van der Waals surface area contributed by atoms with E-state index < -0.39 is 10.0 Å². The average molecular weight is 271 g/mol. The van der Waals surface area contributed by atoms with Gasteiger partial charge in [0.05, 0.1) is 12.4 Å². The van der Waals surface area contributed by atoms with Crippen molar-refractivity contribution < 1.29 is 8.42 Å². The third-order valence-corrected chi connectivity index (χ3v) is 4.52. The molecule has 1 unspecified atom stereocenters. The first-order valence-electron chi connectivity index (χ1n) is 5.76. The summed E-state index contributed by atoms with van der Waals surface area (Å²) in [6.07, 6.45) is 4.54. The van der Waals surface area contributed by atoms with E-state index in [1.165, 1.54) is 12.4 Å². The minimum Gasteiger partial charge on any atom is -0.368 e. The molecule has 3 N–H and O–H groups in total. The first kappa shape index (κ1) is 13.2. The van der Waals surface area contributed by atoms with Crippen LogP contribution in [0, 0.1) is 0 Å². The summed E-state index contributed by atoms with van der Waals surface area (Å²) in [5.74, 6) is 0.0597. The van der Waals surface area contributed by atoms with E-state index in [1.807, 2.05) is 7.05 Å². The predicted octanol–water partition coefficient (Wildman–Crippen LogP) is -0.569. The second-order valence-electron chi connectivity index (χ2n) is 4.41. The number of nitrogen functional groups attached to an aromatic ring is 1. The third-order valence-electron chi connectivity index (χ3n) is 3.14. The van der Waals surface area contributed by atoms with Gasteiger partial charge in [0.15, 0.2) is 0 Å². The first-order chi connectivity index (χ1) is 8.49. The number of rotatable bonds is 4. The molecule has 2 rings (SSSR count). The van der Waals surface area contributed by atoms with Crippen molar-refractivity contribution in [1.82, 2.24) is 19.6 Å². The molecule has 1 atom stereocenters. The Morgan fingerprint density at radius 1 is 1.50 bits per heavy atom. The van der Waals surface area contributed by atoms with Crippen LogP contribution in [-0.2, 0) is 10.0 Å². The zero-order chi connectivity index (χ0) is 13.2. The maximum absolute atomic E-state index is 12.0. The van der Waals surface area contributed by atoms with Gasteiger partial charge in [0.2, 0.25) is 16.0 Å². The van der Waals surface area contributed by atoms with Gasteiger partial charge in [-0.3, -0.25) is 0 Å². The number of nitrogens with two attached hydrogens (primary N) is 1. The SMILES string of the molecule is CN1CCCC1CNS(=O)(=O)c1cnc(N)nc1. The Balaban J connectivity index is 2.01. The molecule has 1 fully saturated rings. The average Bonchev–Trinajstić information content (AvgIpc) is 2.73. The molecule has 2 heterocycles. The Morgan fingerprint density at radius 3 is 2.72 bits per heavy atom. The molecule has 0 saturated carbocycles. The molecule has 1 aliphatic heterocycles. The Bertz CT molecular complexity index is 502. The highest BCUT2D eigenvalue weighted by atomic mass is 32.2. The first-order valence-corrected chi connectivity index (χ1v) is 7.25. The van der Waals surface area contributed by atoms with E-state index in [1.54, 1.807) is 0 Å². The van der Waals surface area contributed by atoms with Crippen molar-refractivity contribution in [3.63, 3.8) is 0 Å². The van der Waals surface area contributed by atoms with E-state index in [2.05, 4.69) is 19.6 Å². The Hall–Kier alpha value is -1.25. The fraction of sp³-hybridized carbons (Fsp3) is 0.600. The van der Waals surface area contributed by atoms with Gasteiger partial charge in [0.25, 0.3) is 0 Å². The molecule has 1 aliphatic rings. The van der Waals surface area contributed by atoms with Gasteiger partial charge in [-0.25, -0.2) is 23.1 Å². The summed E-state index contributed by atoms with van der Waals surface area (Å²) in [4.78, 5) is 9.55. The summed E-state index contributed by atoms with van der Waals surface area (Å²) in [6.45, 7) is 1.42. The van der Waals surface area contributed by atoms with Crippen molar-refractivity contribution in [2.45, 2.75) is 23.8 Å². The van der Waals surface area contributed by atoms with Crippen molar-refractivity contribution in [3.8, 4) is 0 Å². The van der Waals surface area contributed by atoms with Gasteiger partial charge in [-0.15, -0.1) is 0 Å². The zero-order valence-corrected chi connectivity index (χ0v) is 11.0. The molecule has 8 heteroatoms. The number of hydrogen-bond acceptors (Lipinski definition) is 6. The monoisotopic (exact) mass is 271 g/mol. The quantitative estimate of drug-likeness (QED) is 0.760. The Morgan fingerprint density at radius 2 is 2.17 bits per heavy atom. The van der Waals surface area contributed by atoms with Gasteiger partial charge in [-0.2, -0.15) is 0 Å². The van der Waals surface area contributed by atoms with Crippen LogP contribution in [0.4, 0.5) is 5.95 Å². The number of sulfonamides is 1. The summed E-state index contributed by atoms with van der Waals surface area (Å²) >= 11 is 0. The van der Waals surface area contributed by atoms with E-state index in [-0.39, 0.29) is 16.9 Å². The molecule has 0 bridgehead atoms. The highest BCUT2D eigenvalue weighted by Crippen LogP contribution is 2.14. The van der Waals surface area contributed by atoms with Crippen LogP contribution in [0.25, 0.3) is 0 Å². The normalized spacial score (nSPS) is 21.3. The van der Waals surface area contributed by atoms with E-state index in [0.29, 0.717) is 6.54 Å². The molecule has 100 valence electrons. The van der Waals surface area contributed by atoms with Gasteiger partial charge in [-0.1, -0.05) is 0 Å². The fourth-order valence-electron chi connectivity index (χ4n) is 1.99. The second kappa shape index (κ2) is 5.17. The molecular weight excluding hydrogens is 254 g/mol. The maximum atomic E-state index is 12.0. The van der Waals surface area contributed by atoms with Crippen LogP contribution in [0.3, 0.4) is 0 Å². The third kappa shape index (κ3) is 2.95. The molecule has 18 heavy (non-hydrogen) atoms. The number of nitrogens with one attached hydrogen (secondary N) is 1. The number of likely N-dealkylation sites (tertiary alicyclic amines) is 1. The molecule has 0 aromatic carbocycles. The molecule has 7 nitrogen and oxygen atoms in total. The maximum Gasteiger partial charge on any atom is 0.243 e. The van der Waals surface area contributed by atoms with Crippen molar-refractivity contribution in [2.24, 2.45) is 0 Å². The van der Waals surface area contributed by atoms with Crippen LogP contribution < -0.4 is 10.5 Å². The van der Waals surface area contributed by atoms with Crippen LogP contribution in [0.5, 0.6) is 0 Å². The highest BCUT2D eigenvalue weighted by molar-refractivity contribution is 7.89. The summed E-state index contributed by atoms with van der Waals surface area (Å²) in [5.41, 5.74) is 5.32. The van der Waals surface area contributed by atoms with Crippen LogP contribution in [0.1, 0.15) is 12.8 Å². The molecule has 1 aromatic rings. The van der Waals surface area contributed by atoms with Gasteiger partial charge in [0.1, 0.15) is 4.90 Å². The molecule has 1 aromatic heterocycles. The predicted molar refractivity (Wildman–Crippen MR) is 67.3 cm³/mol. The summed E-state index contributed by atoms with van der Waals surface area (Å²) in [7, 11) is -1.55. The summed E-state index contributed by atoms with van der Waals surface area (Å²) < 4.78 is 26.5. The molecule has 0 spiro atoms. The lowest BCUT2D eigenvalue weighted by Gasteiger charge is -2.19. The number of hydrogen-bond donors (Lipinski definition) is 2. The smallest absolute Gasteiger partial charge is 0.243 e. The van der Waals surface area contributed by atoms with Crippen LogP contribution >= 0.6 is 0 Å². The molecule has 0 amide bonds. The van der Waals surface area contributed by atoms with Crippen LogP contribution in [-0.4, -0.2) is 49.5 Å². The molecule has 0 radical (unpaired) electrons. The topological polar surface area (TPSA) is 101 Å². The lowest BCUT2D eigenvalue weighted by atomic mass is 10.2. The highest BCUT2D eigenvalue weighted by Gasteiger charge is 2.23. The standard InChI is InChI=1S/C10H17N5O2S/c1-15-4-2-3-8(15)5-14-18(16,17)9-6-12-10(11)13-7-9/h6-8,14H,2-5H2,1H3,(H2,11,12,13).